The first-order chi connectivity index (χ1) is 11.5. The van der Waals surface area contributed by atoms with E-state index in [1.807, 2.05) is 13.0 Å². The zero-order valence-electron chi connectivity index (χ0n) is 14.0. The standard InChI is InChI=1S/C18H22N2O4/c1-12-9-16(13(2)24-12)18(22)20-7-3-5-14(11-20)17(21)19-10-15-6-4-8-23-15/h4,6,8-9,14H,3,5,7,10-11H2,1-2H3,(H,19,21). The maximum atomic E-state index is 12.7. The number of hydrogen-bond acceptors (Lipinski definition) is 4. The lowest BCUT2D eigenvalue weighted by Crippen LogP contribution is -2.45. The van der Waals surface area contributed by atoms with E-state index in [0.29, 0.717) is 31.0 Å². The smallest absolute Gasteiger partial charge is 0.257 e. The highest BCUT2D eigenvalue weighted by atomic mass is 16.3. The van der Waals surface area contributed by atoms with Gasteiger partial charge in [0.25, 0.3) is 5.91 Å². The van der Waals surface area contributed by atoms with Gasteiger partial charge in [-0.05, 0) is 44.9 Å². The van der Waals surface area contributed by atoms with Crippen molar-refractivity contribution in [3.8, 4) is 0 Å². The second-order valence-electron chi connectivity index (χ2n) is 6.21. The maximum absolute atomic E-state index is 12.7. The quantitative estimate of drug-likeness (QED) is 0.935. The third-order valence-electron chi connectivity index (χ3n) is 4.37. The molecule has 1 fully saturated rings. The van der Waals surface area contributed by atoms with E-state index in [4.69, 9.17) is 8.83 Å². The highest BCUT2D eigenvalue weighted by molar-refractivity contribution is 5.95. The van der Waals surface area contributed by atoms with E-state index in [9.17, 15) is 9.59 Å². The van der Waals surface area contributed by atoms with Gasteiger partial charge in [-0.15, -0.1) is 0 Å². The summed E-state index contributed by atoms with van der Waals surface area (Å²) < 4.78 is 10.7. The van der Waals surface area contributed by atoms with Crippen LogP contribution in [0.1, 0.15) is 40.5 Å². The Morgan fingerprint density at radius 2 is 2.21 bits per heavy atom. The molecule has 0 aliphatic carbocycles. The first kappa shape index (κ1) is 16.4. The van der Waals surface area contributed by atoms with Crippen LogP contribution in [0.15, 0.2) is 33.3 Å². The Hall–Kier alpha value is -2.50. The lowest BCUT2D eigenvalue weighted by molar-refractivity contribution is -0.126. The van der Waals surface area contributed by atoms with Crippen molar-refractivity contribution in [2.45, 2.75) is 33.2 Å². The SMILES string of the molecule is Cc1cc(C(=O)N2CCCC(C(=O)NCc3ccco3)C2)c(C)o1. The van der Waals surface area contributed by atoms with Crippen molar-refractivity contribution in [2.24, 2.45) is 5.92 Å². The molecular formula is C18H22N2O4. The topological polar surface area (TPSA) is 75.7 Å². The second-order valence-corrected chi connectivity index (χ2v) is 6.21. The molecule has 2 aromatic rings. The van der Waals surface area contributed by atoms with E-state index in [-0.39, 0.29) is 17.7 Å². The molecule has 0 radical (unpaired) electrons. The van der Waals surface area contributed by atoms with Gasteiger partial charge in [-0.1, -0.05) is 0 Å². The van der Waals surface area contributed by atoms with Gasteiger partial charge in [0.2, 0.25) is 5.91 Å². The minimum absolute atomic E-state index is 0.0380. The number of hydrogen-bond donors (Lipinski definition) is 1. The van der Waals surface area contributed by atoms with Gasteiger partial charge in [-0.2, -0.15) is 0 Å². The molecule has 3 heterocycles. The van der Waals surface area contributed by atoms with E-state index in [2.05, 4.69) is 5.32 Å². The highest BCUT2D eigenvalue weighted by Crippen LogP contribution is 2.22. The number of carbonyl (C=O) groups excluding carboxylic acids is 2. The average molecular weight is 330 g/mol. The number of carbonyl (C=O) groups is 2. The molecule has 6 nitrogen and oxygen atoms in total. The molecule has 2 amide bonds. The third kappa shape index (κ3) is 3.53. The Morgan fingerprint density at radius 1 is 1.38 bits per heavy atom. The molecule has 1 aliphatic rings. The van der Waals surface area contributed by atoms with Gasteiger partial charge in [0.1, 0.15) is 17.3 Å². The highest BCUT2D eigenvalue weighted by Gasteiger charge is 2.30. The van der Waals surface area contributed by atoms with Crippen molar-refractivity contribution in [1.29, 1.82) is 0 Å². The minimum Gasteiger partial charge on any atom is -0.467 e. The van der Waals surface area contributed by atoms with Crippen molar-refractivity contribution in [3.63, 3.8) is 0 Å². The van der Waals surface area contributed by atoms with Crippen LogP contribution in [0.3, 0.4) is 0 Å². The maximum Gasteiger partial charge on any atom is 0.257 e. The molecule has 3 rings (SSSR count). The molecule has 0 aromatic carbocycles. The predicted octanol–water partition coefficient (Wildman–Crippen LogP) is 2.66. The van der Waals surface area contributed by atoms with Crippen LogP contribution < -0.4 is 5.32 Å². The van der Waals surface area contributed by atoms with Crippen molar-refractivity contribution in [3.05, 3.63) is 47.3 Å². The molecular weight excluding hydrogens is 308 g/mol. The summed E-state index contributed by atoms with van der Waals surface area (Å²) in [6.45, 7) is 5.09. The molecule has 1 atom stereocenters. The molecule has 0 bridgehead atoms. The van der Waals surface area contributed by atoms with E-state index in [1.165, 1.54) is 0 Å². The number of piperidine rings is 1. The molecule has 0 saturated carbocycles. The molecule has 128 valence electrons. The summed E-state index contributed by atoms with van der Waals surface area (Å²) in [6.07, 6.45) is 3.19. The van der Waals surface area contributed by atoms with Gasteiger partial charge in [-0.3, -0.25) is 9.59 Å². The summed E-state index contributed by atoms with van der Waals surface area (Å²) in [5.41, 5.74) is 0.587. The fourth-order valence-electron chi connectivity index (χ4n) is 3.12. The Morgan fingerprint density at radius 3 is 2.88 bits per heavy atom. The Bertz CT molecular complexity index is 717. The fourth-order valence-corrected chi connectivity index (χ4v) is 3.12. The van der Waals surface area contributed by atoms with Crippen molar-refractivity contribution in [1.82, 2.24) is 10.2 Å². The lowest BCUT2D eigenvalue weighted by Gasteiger charge is -2.32. The van der Waals surface area contributed by atoms with Crippen LogP contribution >= 0.6 is 0 Å². The van der Waals surface area contributed by atoms with E-state index in [1.54, 1.807) is 30.2 Å². The summed E-state index contributed by atoms with van der Waals surface area (Å²) in [6, 6.07) is 5.37. The van der Waals surface area contributed by atoms with E-state index in [0.717, 1.165) is 24.4 Å². The van der Waals surface area contributed by atoms with Crippen LogP contribution in [0, 0.1) is 19.8 Å². The molecule has 1 aliphatic heterocycles. The Labute approximate surface area is 140 Å². The normalized spacial score (nSPS) is 17.8. The van der Waals surface area contributed by atoms with Gasteiger partial charge in [0.05, 0.1) is 24.3 Å². The summed E-state index contributed by atoms with van der Waals surface area (Å²) in [5, 5.41) is 2.88. The Balaban J connectivity index is 1.60. The Kier molecular flexibility index (Phi) is 4.74. The van der Waals surface area contributed by atoms with E-state index < -0.39 is 0 Å². The van der Waals surface area contributed by atoms with Gasteiger partial charge in [0, 0.05) is 13.1 Å². The van der Waals surface area contributed by atoms with Crippen molar-refractivity contribution < 1.29 is 18.4 Å². The number of amides is 2. The zero-order valence-corrected chi connectivity index (χ0v) is 14.0. The summed E-state index contributed by atoms with van der Waals surface area (Å²) in [5.74, 6) is 1.78. The first-order valence-electron chi connectivity index (χ1n) is 8.21. The van der Waals surface area contributed by atoms with Gasteiger partial charge >= 0.3 is 0 Å². The van der Waals surface area contributed by atoms with Gasteiger partial charge in [0.15, 0.2) is 0 Å². The summed E-state index contributed by atoms with van der Waals surface area (Å²) >= 11 is 0. The number of furan rings is 2. The molecule has 2 aromatic heterocycles. The van der Waals surface area contributed by atoms with Crippen molar-refractivity contribution >= 4 is 11.8 Å². The largest absolute Gasteiger partial charge is 0.467 e. The van der Waals surface area contributed by atoms with Gasteiger partial charge < -0.3 is 19.1 Å². The number of aryl methyl sites for hydroxylation is 2. The monoisotopic (exact) mass is 330 g/mol. The van der Waals surface area contributed by atoms with Crippen LogP contribution in [-0.4, -0.2) is 29.8 Å². The van der Waals surface area contributed by atoms with Crippen LogP contribution in [0.4, 0.5) is 0 Å². The van der Waals surface area contributed by atoms with Gasteiger partial charge in [-0.25, -0.2) is 0 Å². The first-order valence-corrected chi connectivity index (χ1v) is 8.21. The predicted molar refractivity (Wildman–Crippen MR) is 87.4 cm³/mol. The third-order valence-corrected chi connectivity index (χ3v) is 4.37. The summed E-state index contributed by atoms with van der Waals surface area (Å²) in [7, 11) is 0. The fraction of sp³-hybridized carbons (Fsp3) is 0.444. The van der Waals surface area contributed by atoms with Crippen LogP contribution in [0.5, 0.6) is 0 Å². The zero-order chi connectivity index (χ0) is 17.1. The second kappa shape index (κ2) is 6.95. The van der Waals surface area contributed by atoms with Crippen LogP contribution in [0.25, 0.3) is 0 Å². The van der Waals surface area contributed by atoms with Crippen LogP contribution in [0.2, 0.25) is 0 Å². The molecule has 0 spiro atoms. The average Bonchev–Trinajstić information content (AvgIpc) is 3.21. The minimum atomic E-state index is -0.189. The number of likely N-dealkylation sites (tertiary alicyclic amines) is 1. The molecule has 1 saturated heterocycles. The number of nitrogens with zero attached hydrogens (tertiary/aromatic N) is 1. The van der Waals surface area contributed by atoms with E-state index >= 15 is 0 Å². The molecule has 1 unspecified atom stereocenters. The van der Waals surface area contributed by atoms with Crippen molar-refractivity contribution in [2.75, 3.05) is 13.1 Å². The number of rotatable bonds is 4. The van der Waals surface area contributed by atoms with Crippen LogP contribution in [-0.2, 0) is 11.3 Å². The number of nitrogens with one attached hydrogen (secondary N) is 1. The molecule has 6 heteroatoms. The molecule has 24 heavy (non-hydrogen) atoms. The summed E-state index contributed by atoms with van der Waals surface area (Å²) in [4.78, 5) is 26.8. The lowest BCUT2D eigenvalue weighted by atomic mass is 9.96. The molecule has 1 N–H and O–H groups in total.